The normalized spacial score (nSPS) is 15.6. The Labute approximate surface area is 169 Å². The number of esters is 1. The highest BCUT2D eigenvalue weighted by Gasteiger charge is 2.16. The molecule has 0 bridgehead atoms. The minimum absolute atomic E-state index is 0.133. The topological polar surface area (TPSA) is 83.1 Å². The van der Waals surface area contributed by atoms with Crippen LogP contribution in [-0.4, -0.2) is 44.4 Å². The molecule has 0 aliphatic carbocycles. The molecule has 1 fully saturated rings. The van der Waals surface area contributed by atoms with E-state index in [2.05, 4.69) is 5.32 Å². The Morgan fingerprint density at radius 3 is 2.38 bits per heavy atom. The van der Waals surface area contributed by atoms with Crippen molar-refractivity contribution in [2.75, 3.05) is 31.7 Å². The third-order valence-electron chi connectivity index (χ3n) is 4.33. The fourth-order valence-corrected chi connectivity index (χ4v) is 2.86. The lowest BCUT2D eigenvalue weighted by Crippen LogP contribution is -2.21. The zero-order chi connectivity index (χ0) is 20.5. The molecular weight excluding hydrogens is 374 g/mol. The van der Waals surface area contributed by atoms with E-state index in [1.165, 1.54) is 0 Å². The maximum Gasteiger partial charge on any atom is 0.338 e. The number of benzene rings is 2. The molecule has 1 heterocycles. The molecule has 0 spiro atoms. The van der Waals surface area contributed by atoms with Crippen LogP contribution in [0.25, 0.3) is 0 Å². The first kappa shape index (κ1) is 20.7. The standard InChI is InChI=1S/C22H25NO6/c1-2-26-18-11-7-17(8-12-18)23-21(24)15-29-22(25)16-5-9-19(10-6-16)28-14-20-4-3-13-27-20/h5-12,20H,2-4,13-15H2,1H3,(H,23,24)/t20-/m0/s1. The van der Waals surface area contributed by atoms with Gasteiger partial charge >= 0.3 is 5.97 Å². The lowest BCUT2D eigenvalue weighted by Gasteiger charge is -2.11. The Balaban J connectivity index is 1.41. The average Bonchev–Trinajstić information content (AvgIpc) is 3.26. The van der Waals surface area contributed by atoms with Crippen LogP contribution in [0, 0.1) is 0 Å². The van der Waals surface area contributed by atoms with Gasteiger partial charge in [0.1, 0.15) is 18.1 Å². The van der Waals surface area contributed by atoms with Crippen molar-refractivity contribution in [3.8, 4) is 11.5 Å². The second-order valence-electron chi connectivity index (χ2n) is 6.55. The zero-order valence-corrected chi connectivity index (χ0v) is 16.4. The quantitative estimate of drug-likeness (QED) is 0.651. The van der Waals surface area contributed by atoms with E-state index < -0.39 is 11.9 Å². The summed E-state index contributed by atoms with van der Waals surface area (Å²) >= 11 is 0. The van der Waals surface area contributed by atoms with E-state index >= 15 is 0 Å². The van der Waals surface area contributed by atoms with Crippen LogP contribution in [0.4, 0.5) is 5.69 Å². The molecule has 2 aromatic carbocycles. The molecule has 7 nitrogen and oxygen atoms in total. The molecule has 2 aromatic rings. The number of amides is 1. The van der Waals surface area contributed by atoms with Gasteiger partial charge in [-0.05, 0) is 68.3 Å². The molecule has 3 rings (SSSR count). The molecule has 1 atom stereocenters. The number of nitrogens with one attached hydrogen (secondary N) is 1. The molecular formula is C22H25NO6. The number of carbonyl (C=O) groups is 2. The van der Waals surface area contributed by atoms with E-state index in [9.17, 15) is 9.59 Å². The summed E-state index contributed by atoms with van der Waals surface area (Å²) in [4.78, 5) is 24.1. The van der Waals surface area contributed by atoms with Crippen LogP contribution in [0.1, 0.15) is 30.1 Å². The van der Waals surface area contributed by atoms with E-state index in [1.807, 2.05) is 6.92 Å². The maximum atomic E-state index is 12.1. The van der Waals surface area contributed by atoms with Crippen molar-refractivity contribution in [1.82, 2.24) is 0 Å². The van der Waals surface area contributed by atoms with Gasteiger partial charge in [-0.25, -0.2) is 4.79 Å². The van der Waals surface area contributed by atoms with E-state index in [0.717, 1.165) is 25.2 Å². The van der Waals surface area contributed by atoms with Crippen LogP contribution < -0.4 is 14.8 Å². The fraction of sp³-hybridized carbons (Fsp3) is 0.364. The highest BCUT2D eigenvalue weighted by atomic mass is 16.5. The molecule has 0 saturated carbocycles. The highest BCUT2D eigenvalue weighted by Crippen LogP contribution is 2.17. The molecule has 1 N–H and O–H groups in total. The molecule has 1 saturated heterocycles. The number of hydrogen-bond acceptors (Lipinski definition) is 6. The van der Waals surface area contributed by atoms with Crippen LogP contribution in [0.5, 0.6) is 11.5 Å². The third-order valence-corrected chi connectivity index (χ3v) is 4.33. The van der Waals surface area contributed by atoms with E-state index in [-0.39, 0.29) is 12.7 Å². The van der Waals surface area contributed by atoms with Gasteiger partial charge in [-0.3, -0.25) is 4.79 Å². The first-order valence-electron chi connectivity index (χ1n) is 9.68. The Morgan fingerprint density at radius 1 is 1.03 bits per heavy atom. The molecule has 29 heavy (non-hydrogen) atoms. The second kappa shape index (κ2) is 10.5. The van der Waals surface area contributed by atoms with Crippen molar-refractivity contribution in [2.24, 2.45) is 0 Å². The van der Waals surface area contributed by atoms with Gasteiger partial charge in [0.05, 0.1) is 18.3 Å². The van der Waals surface area contributed by atoms with Crippen molar-refractivity contribution in [1.29, 1.82) is 0 Å². The van der Waals surface area contributed by atoms with Gasteiger partial charge in [-0.15, -0.1) is 0 Å². The van der Waals surface area contributed by atoms with Gasteiger partial charge in [0, 0.05) is 12.3 Å². The van der Waals surface area contributed by atoms with Crippen molar-refractivity contribution in [3.05, 3.63) is 54.1 Å². The second-order valence-corrected chi connectivity index (χ2v) is 6.55. The SMILES string of the molecule is CCOc1ccc(NC(=O)COC(=O)c2ccc(OC[C@@H]3CCCO3)cc2)cc1. The van der Waals surface area contributed by atoms with Gasteiger partial charge in [-0.2, -0.15) is 0 Å². The summed E-state index contributed by atoms with van der Waals surface area (Å²) < 4.78 is 21.6. The Kier molecular flexibility index (Phi) is 7.47. The van der Waals surface area contributed by atoms with Crippen LogP contribution in [0.3, 0.4) is 0 Å². The first-order chi connectivity index (χ1) is 14.1. The van der Waals surface area contributed by atoms with Crippen LogP contribution >= 0.6 is 0 Å². The minimum Gasteiger partial charge on any atom is -0.494 e. The summed E-state index contributed by atoms with van der Waals surface area (Å²) in [5.74, 6) is 0.391. The van der Waals surface area contributed by atoms with Gasteiger partial charge < -0.3 is 24.3 Å². The number of carbonyl (C=O) groups excluding carboxylic acids is 2. The highest BCUT2D eigenvalue weighted by molar-refractivity contribution is 5.95. The summed E-state index contributed by atoms with van der Waals surface area (Å²) in [6.45, 7) is 3.38. The summed E-state index contributed by atoms with van der Waals surface area (Å²) in [5, 5.41) is 2.67. The molecule has 1 aliphatic heterocycles. The Bertz CT molecular complexity index is 797. The Hall–Kier alpha value is -3.06. The summed E-state index contributed by atoms with van der Waals surface area (Å²) in [5.41, 5.74) is 0.950. The molecule has 154 valence electrons. The van der Waals surface area contributed by atoms with Gasteiger partial charge in [-0.1, -0.05) is 0 Å². The lowest BCUT2D eigenvalue weighted by atomic mass is 10.2. The average molecular weight is 399 g/mol. The van der Waals surface area contributed by atoms with Crippen LogP contribution in [0.15, 0.2) is 48.5 Å². The Morgan fingerprint density at radius 2 is 1.72 bits per heavy atom. The fourth-order valence-electron chi connectivity index (χ4n) is 2.86. The summed E-state index contributed by atoms with van der Waals surface area (Å²) in [6.07, 6.45) is 2.20. The summed E-state index contributed by atoms with van der Waals surface area (Å²) in [7, 11) is 0. The maximum absolute atomic E-state index is 12.1. The number of ether oxygens (including phenoxy) is 4. The number of anilines is 1. The third kappa shape index (κ3) is 6.50. The van der Waals surface area contributed by atoms with Crippen molar-refractivity contribution >= 4 is 17.6 Å². The van der Waals surface area contributed by atoms with Crippen molar-refractivity contribution in [2.45, 2.75) is 25.9 Å². The molecule has 1 amide bonds. The number of hydrogen-bond donors (Lipinski definition) is 1. The lowest BCUT2D eigenvalue weighted by molar-refractivity contribution is -0.119. The van der Waals surface area contributed by atoms with Crippen molar-refractivity contribution in [3.63, 3.8) is 0 Å². The zero-order valence-electron chi connectivity index (χ0n) is 16.4. The van der Waals surface area contributed by atoms with E-state index in [0.29, 0.717) is 30.2 Å². The largest absolute Gasteiger partial charge is 0.494 e. The summed E-state index contributed by atoms with van der Waals surface area (Å²) in [6, 6.07) is 13.6. The van der Waals surface area contributed by atoms with Crippen molar-refractivity contribution < 1.29 is 28.5 Å². The molecule has 1 aliphatic rings. The molecule has 7 heteroatoms. The van der Waals surface area contributed by atoms with E-state index in [1.54, 1.807) is 48.5 Å². The number of rotatable bonds is 9. The van der Waals surface area contributed by atoms with Crippen LogP contribution in [0.2, 0.25) is 0 Å². The molecule has 0 aromatic heterocycles. The molecule has 0 radical (unpaired) electrons. The predicted molar refractivity (Wildman–Crippen MR) is 107 cm³/mol. The minimum atomic E-state index is -0.572. The van der Waals surface area contributed by atoms with Gasteiger partial charge in [0.2, 0.25) is 0 Å². The predicted octanol–water partition coefficient (Wildman–Crippen LogP) is 3.44. The monoisotopic (exact) mass is 399 g/mol. The van der Waals surface area contributed by atoms with Crippen LogP contribution in [-0.2, 0) is 14.3 Å². The first-order valence-corrected chi connectivity index (χ1v) is 9.68. The van der Waals surface area contributed by atoms with E-state index in [4.69, 9.17) is 18.9 Å². The van der Waals surface area contributed by atoms with Gasteiger partial charge in [0.25, 0.3) is 5.91 Å². The molecule has 0 unspecified atom stereocenters. The van der Waals surface area contributed by atoms with Gasteiger partial charge in [0.15, 0.2) is 6.61 Å². The smallest absolute Gasteiger partial charge is 0.338 e.